The molecule has 3 amide bonds. The Morgan fingerprint density at radius 1 is 1.10 bits per heavy atom. The van der Waals surface area contributed by atoms with Crippen LogP contribution in [-0.2, 0) is 4.74 Å². The normalized spacial score (nSPS) is 15.8. The maximum atomic E-state index is 12.5. The largest absolute Gasteiger partial charge is 0.444 e. The Morgan fingerprint density at radius 2 is 1.86 bits per heavy atom. The van der Waals surface area contributed by atoms with Crippen molar-refractivity contribution in [3.05, 3.63) is 53.1 Å². The van der Waals surface area contributed by atoms with E-state index in [9.17, 15) is 9.59 Å². The summed E-state index contributed by atoms with van der Waals surface area (Å²) in [6.45, 7) is 5.44. The molecule has 6 nitrogen and oxygen atoms in total. The van der Waals surface area contributed by atoms with Crippen LogP contribution in [0.25, 0.3) is 0 Å². The molecule has 0 spiro atoms. The van der Waals surface area contributed by atoms with Crippen LogP contribution in [0, 0.1) is 0 Å². The summed E-state index contributed by atoms with van der Waals surface area (Å²) in [6, 6.07) is 12.2. The van der Waals surface area contributed by atoms with Crippen molar-refractivity contribution >= 4 is 46.9 Å². The molecule has 0 saturated carbocycles. The van der Waals surface area contributed by atoms with E-state index in [4.69, 9.17) is 16.3 Å². The molecular formula is C21H24ClN3O3S. The zero-order valence-electron chi connectivity index (χ0n) is 16.5. The number of nitrogens with one attached hydrogen (secondary N) is 3. The number of amides is 3. The summed E-state index contributed by atoms with van der Waals surface area (Å²) in [5.41, 5.74) is 1.65. The number of carbonyl (C=O) groups is 2. The summed E-state index contributed by atoms with van der Waals surface area (Å²) in [5, 5.41) is 9.12. The molecule has 2 aromatic rings. The first-order valence-electron chi connectivity index (χ1n) is 9.29. The van der Waals surface area contributed by atoms with Gasteiger partial charge in [-0.25, -0.2) is 9.59 Å². The van der Waals surface area contributed by atoms with Crippen molar-refractivity contribution in [3.8, 4) is 0 Å². The van der Waals surface area contributed by atoms with Crippen molar-refractivity contribution in [2.75, 3.05) is 16.4 Å². The van der Waals surface area contributed by atoms with Gasteiger partial charge in [-0.05, 0) is 69.2 Å². The van der Waals surface area contributed by atoms with Crippen LogP contribution in [0.15, 0.2) is 47.4 Å². The highest BCUT2D eigenvalue weighted by Crippen LogP contribution is 2.37. The van der Waals surface area contributed by atoms with Crippen LogP contribution in [0.2, 0.25) is 5.02 Å². The van der Waals surface area contributed by atoms with Crippen LogP contribution in [0.3, 0.4) is 0 Å². The number of carbonyl (C=O) groups excluding carboxylic acids is 2. The summed E-state index contributed by atoms with van der Waals surface area (Å²) in [4.78, 5) is 25.6. The van der Waals surface area contributed by atoms with Gasteiger partial charge in [0.05, 0.1) is 6.04 Å². The Morgan fingerprint density at radius 3 is 2.59 bits per heavy atom. The molecule has 0 saturated heterocycles. The van der Waals surface area contributed by atoms with Crippen molar-refractivity contribution in [1.82, 2.24) is 5.32 Å². The van der Waals surface area contributed by atoms with Crippen molar-refractivity contribution < 1.29 is 14.3 Å². The summed E-state index contributed by atoms with van der Waals surface area (Å²) in [7, 11) is 0. The first-order valence-corrected chi connectivity index (χ1v) is 10.7. The highest BCUT2D eigenvalue weighted by atomic mass is 35.5. The van der Waals surface area contributed by atoms with E-state index in [-0.39, 0.29) is 12.1 Å². The average Bonchev–Trinajstić information content (AvgIpc) is 2.60. The van der Waals surface area contributed by atoms with E-state index < -0.39 is 11.7 Å². The Bertz CT molecular complexity index is 914. The van der Waals surface area contributed by atoms with Gasteiger partial charge >= 0.3 is 12.1 Å². The van der Waals surface area contributed by atoms with E-state index in [0.717, 1.165) is 22.6 Å². The van der Waals surface area contributed by atoms with E-state index in [2.05, 4.69) is 16.0 Å². The number of thioether (sulfide) groups is 1. The van der Waals surface area contributed by atoms with Crippen LogP contribution in [-0.4, -0.2) is 23.5 Å². The molecule has 1 heterocycles. The smallest absolute Gasteiger partial charge is 0.412 e. The third-order valence-electron chi connectivity index (χ3n) is 4.08. The Hall–Kier alpha value is -2.38. The predicted molar refractivity (Wildman–Crippen MR) is 118 cm³/mol. The van der Waals surface area contributed by atoms with E-state index in [0.29, 0.717) is 16.4 Å². The lowest BCUT2D eigenvalue weighted by Gasteiger charge is -2.27. The van der Waals surface area contributed by atoms with Gasteiger partial charge in [-0.15, -0.1) is 11.8 Å². The molecule has 1 atom stereocenters. The van der Waals surface area contributed by atoms with Gasteiger partial charge in [0, 0.05) is 27.0 Å². The molecule has 154 valence electrons. The van der Waals surface area contributed by atoms with Gasteiger partial charge in [-0.1, -0.05) is 17.7 Å². The predicted octanol–water partition coefficient (Wildman–Crippen LogP) is 6.05. The van der Waals surface area contributed by atoms with Crippen LogP contribution < -0.4 is 16.0 Å². The zero-order chi connectivity index (χ0) is 21.0. The molecule has 0 bridgehead atoms. The van der Waals surface area contributed by atoms with Crippen LogP contribution >= 0.6 is 23.4 Å². The summed E-state index contributed by atoms with van der Waals surface area (Å²) < 4.78 is 5.31. The van der Waals surface area contributed by atoms with Gasteiger partial charge in [-0.3, -0.25) is 5.32 Å². The minimum atomic E-state index is -0.573. The second-order valence-corrected chi connectivity index (χ2v) is 9.25. The molecule has 0 aromatic heterocycles. The number of fused-ring (bicyclic) bond motifs is 1. The molecule has 1 aliphatic heterocycles. The van der Waals surface area contributed by atoms with Gasteiger partial charge in [0.25, 0.3) is 0 Å². The maximum absolute atomic E-state index is 12.5. The number of rotatable bonds is 3. The van der Waals surface area contributed by atoms with Crippen molar-refractivity contribution in [1.29, 1.82) is 0 Å². The summed E-state index contributed by atoms with van der Waals surface area (Å²) >= 11 is 7.70. The number of hydrogen-bond donors (Lipinski definition) is 3. The van der Waals surface area contributed by atoms with E-state index in [1.165, 1.54) is 0 Å². The summed E-state index contributed by atoms with van der Waals surface area (Å²) in [6.07, 6.45) is 0.278. The van der Waals surface area contributed by atoms with Crippen molar-refractivity contribution in [3.63, 3.8) is 0 Å². The lowest BCUT2D eigenvalue weighted by molar-refractivity contribution is 0.0636. The van der Waals surface area contributed by atoms with Gasteiger partial charge in [0.2, 0.25) is 0 Å². The third-order valence-corrected chi connectivity index (χ3v) is 5.44. The molecule has 2 aromatic carbocycles. The van der Waals surface area contributed by atoms with Crippen molar-refractivity contribution in [2.45, 2.75) is 43.7 Å². The van der Waals surface area contributed by atoms with Crippen LogP contribution in [0.1, 0.15) is 38.8 Å². The summed E-state index contributed by atoms with van der Waals surface area (Å²) in [5.74, 6) is 0.897. The molecule has 3 N–H and O–H groups in total. The number of benzene rings is 2. The van der Waals surface area contributed by atoms with E-state index >= 15 is 0 Å². The Kier molecular flexibility index (Phi) is 6.59. The van der Waals surface area contributed by atoms with Crippen LogP contribution in [0.5, 0.6) is 0 Å². The van der Waals surface area contributed by atoms with Crippen molar-refractivity contribution in [2.24, 2.45) is 0 Å². The SMILES string of the molecule is CC(C)(C)OC(=O)Nc1ccc2c(c1)[C@H](NC(=O)Nc1cccc(Cl)c1)CCS2. The van der Waals surface area contributed by atoms with Crippen LogP contribution in [0.4, 0.5) is 21.0 Å². The number of halogens is 1. The fourth-order valence-electron chi connectivity index (χ4n) is 2.94. The molecule has 0 aliphatic carbocycles. The fraction of sp³-hybridized carbons (Fsp3) is 0.333. The second-order valence-electron chi connectivity index (χ2n) is 7.68. The highest BCUT2D eigenvalue weighted by molar-refractivity contribution is 7.99. The molecular weight excluding hydrogens is 410 g/mol. The Labute approximate surface area is 179 Å². The first-order chi connectivity index (χ1) is 13.7. The molecule has 1 aliphatic rings. The molecule has 0 fully saturated rings. The van der Waals surface area contributed by atoms with E-state index in [1.54, 1.807) is 36.0 Å². The Balaban J connectivity index is 1.70. The monoisotopic (exact) mass is 433 g/mol. The van der Waals surface area contributed by atoms with E-state index in [1.807, 2.05) is 39.0 Å². The fourth-order valence-corrected chi connectivity index (χ4v) is 4.23. The topological polar surface area (TPSA) is 79.5 Å². The minimum Gasteiger partial charge on any atom is -0.444 e. The second kappa shape index (κ2) is 8.97. The van der Waals surface area contributed by atoms with Gasteiger partial charge in [-0.2, -0.15) is 0 Å². The quantitative estimate of drug-likeness (QED) is 0.550. The lowest BCUT2D eigenvalue weighted by atomic mass is 10.0. The zero-order valence-corrected chi connectivity index (χ0v) is 18.1. The number of ether oxygens (including phenoxy) is 1. The third kappa shape index (κ3) is 6.30. The molecule has 29 heavy (non-hydrogen) atoms. The lowest BCUT2D eigenvalue weighted by Crippen LogP contribution is -2.34. The number of anilines is 2. The maximum Gasteiger partial charge on any atom is 0.412 e. The van der Waals surface area contributed by atoms with Gasteiger partial charge in [0.1, 0.15) is 5.60 Å². The van der Waals surface area contributed by atoms with Gasteiger partial charge < -0.3 is 15.4 Å². The average molecular weight is 434 g/mol. The van der Waals surface area contributed by atoms with Gasteiger partial charge in [0.15, 0.2) is 0 Å². The highest BCUT2D eigenvalue weighted by Gasteiger charge is 2.24. The molecule has 3 rings (SSSR count). The number of hydrogen-bond acceptors (Lipinski definition) is 4. The molecule has 8 heteroatoms. The number of urea groups is 1. The first kappa shape index (κ1) is 21.3. The minimum absolute atomic E-state index is 0.161. The standard InChI is InChI=1S/C21H24ClN3O3S/c1-21(2,3)28-20(27)24-15-7-8-18-16(12-15)17(9-10-29-18)25-19(26)23-14-6-4-5-13(22)11-14/h4-8,11-12,17H,9-10H2,1-3H3,(H,24,27)(H2,23,25,26)/t17-/m1/s1. The molecule has 0 radical (unpaired) electrons. The molecule has 0 unspecified atom stereocenters.